The molecule has 1 aromatic heterocycles. The zero-order valence-electron chi connectivity index (χ0n) is 11.3. The minimum Gasteiger partial charge on any atom is -0.298 e. The normalized spacial score (nSPS) is 10.7. The van der Waals surface area contributed by atoms with Gasteiger partial charge in [0.1, 0.15) is 0 Å². The van der Waals surface area contributed by atoms with E-state index in [1.807, 2.05) is 24.3 Å². The van der Waals surface area contributed by atoms with Crippen LogP contribution in [0.15, 0.2) is 35.1 Å². The molecule has 0 saturated heterocycles. The van der Waals surface area contributed by atoms with Crippen LogP contribution in [0, 0.1) is 0 Å². The molecule has 4 nitrogen and oxygen atoms in total. The van der Waals surface area contributed by atoms with Crippen LogP contribution in [0.3, 0.4) is 0 Å². The highest BCUT2D eigenvalue weighted by Crippen LogP contribution is 2.20. The molecule has 0 N–H and O–H groups in total. The van der Waals surface area contributed by atoms with Crippen LogP contribution in [0.25, 0.3) is 11.3 Å². The zero-order valence-corrected chi connectivity index (χ0v) is 11.3. The van der Waals surface area contributed by atoms with Crippen molar-refractivity contribution in [3.63, 3.8) is 0 Å². The lowest BCUT2D eigenvalue weighted by atomic mass is 10.0. The van der Waals surface area contributed by atoms with E-state index in [0.29, 0.717) is 17.9 Å². The smallest absolute Gasteiger partial charge is 0.277 e. The maximum Gasteiger partial charge on any atom is 0.277 e. The lowest BCUT2D eigenvalue weighted by molar-refractivity contribution is 0.112. The largest absolute Gasteiger partial charge is 0.298 e. The van der Waals surface area contributed by atoms with Gasteiger partial charge in [-0.15, -0.1) is 0 Å². The third kappa shape index (κ3) is 2.62. The summed E-state index contributed by atoms with van der Waals surface area (Å²) in [5.41, 5.74) is 2.50. The van der Waals surface area contributed by atoms with Crippen molar-refractivity contribution < 1.29 is 4.79 Å². The summed E-state index contributed by atoms with van der Waals surface area (Å²) in [7, 11) is 1.54. The maximum atomic E-state index is 11.6. The minimum atomic E-state index is -0.377. The van der Waals surface area contributed by atoms with E-state index < -0.39 is 0 Å². The Labute approximate surface area is 111 Å². The molecule has 19 heavy (non-hydrogen) atoms. The van der Waals surface area contributed by atoms with Gasteiger partial charge in [0.15, 0.2) is 6.29 Å². The third-order valence-electron chi connectivity index (χ3n) is 3.09. The number of hydrogen-bond donors (Lipinski definition) is 0. The van der Waals surface area contributed by atoms with Crippen LogP contribution >= 0.6 is 0 Å². The first kappa shape index (κ1) is 13.2. The average Bonchev–Trinajstić information content (AvgIpc) is 2.41. The van der Waals surface area contributed by atoms with Crippen molar-refractivity contribution in [1.29, 1.82) is 0 Å². The molecule has 0 amide bonds. The molecule has 0 bridgehead atoms. The highest BCUT2D eigenvalue weighted by atomic mass is 16.1. The van der Waals surface area contributed by atoms with Gasteiger partial charge in [-0.25, -0.2) is 4.68 Å². The van der Waals surface area contributed by atoms with Crippen molar-refractivity contribution in [2.45, 2.75) is 19.8 Å². The summed E-state index contributed by atoms with van der Waals surface area (Å²) in [5.74, 6) is 0.465. The molecule has 1 heterocycles. The zero-order chi connectivity index (χ0) is 14.0. The van der Waals surface area contributed by atoms with Gasteiger partial charge in [-0.2, -0.15) is 5.10 Å². The van der Waals surface area contributed by atoms with Gasteiger partial charge < -0.3 is 0 Å². The summed E-state index contributed by atoms with van der Waals surface area (Å²) >= 11 is 0. The average molecular weight is 256 g/mol. The Morgan fingerprint density at radius 2 is 1.84 bits per heavy atom. The first-order valence-electron chi connectivity index (χ1n) is 6.17. The topological polar surface area (TPSA) is 52.0 Å². The Kier molecular flexibility index (Phi) is 3.60. The Hall–Kier alpha value is -2.23. The fourth-order valence-electron chi connectivity index (χ4n) is 1.90. The number of nitrogens with zero attached hydrogens (tertiary/aromatic N) is 2. The molecule has 0 saturated carbocycles. The number of carbonyl (C=O) groups excluding carboxylic acids is 1. The van der Waals surface area contributed by atoms with Crippen molar-refractivity contribution in [3.8, 4) is 11.3 Å². The van der Waals surface area contributed by atoms with E-state index in [9.17, 15) is 9.59 Å². The van der Waals surface area contributed by atoms with Crippen molar-refractivity contribution in [1.82, 2.24) is 9.78 Å². The van der Waals surface area contributed by atoms with Crippen LogP contribution in [-0.4, -0.2) is 16.1 Å². The molecule has 0 aliphatic carbocycles. The number of hydrogen-bond acceptors (Lipinski definition) is 3. The van der Waals surface area contributed by atoms with Crippen molar-refractivity contribution in [3.05, 3.63) is 51.8 Å². The van der Waals surface area contributed by atoms with Crippen LogP contribution in [0.5, 0.6) is 0 Å². The van der Waals surface area contributed by atoms with Crippen LogP contribution in [0.1, 0.15) is 35.7 Å². The van der Waals surface area contributed by atoms with Gasteiger partial charge in [0.05, 0.1) is 11.3 Å². The number of aldehydes is 1. The van der Waals surface area contributed by atoms with E-state index in [2.05, 4.69) is 18.9 Å². The third-order valence-corrected chi connectivity index (χ3v) is 3.09. The number of rotatable bonds is 3. The fraction of sp³-hybridized carbons (Fsp3) is 0.267. The summed E-state index contributed by atoms with van der Waals surface area (Å²) in [6.45, 7) is 4.26. The molecule has 0 spiro atoms. The van der Waals surface area contributed by atoms with Crippen LogP contribution in [0.2, 0.25) is 0 Å². The quantitative estimate of drug-likeness (QED) is 0.792. The highest BCUT2D eigenvalue weighted by molar-refractivity contribution is 5.76. The van der Waals surface area contributed by atoms with Gasteiger partial charge in [-0.3, -0.25) is 9.59 Å². The van der Waals surface area contributed by atoms with Gasteiger partial charge >= 0.3 is 0 Å². The van der Waals surface area contributed by atoms with Crippen molar-refractivity contribution >= 4 is 6.29 Å². The summed E-state index contributed by atoms with van der Waals surface area (Å²) in [4.78, 5) is 22.5. The van der Waals surface area contributed by atoms with Crippen LogP contribution < -0.4 is 5.56 Å². The SMILES string of the molecule is CC(C)c1ccc(-c2cc(C=O)c(=O)n(C)n2)cc1. The van der Waals surface area contributed by atoms with Gasteiger partial charge in [0, 0.05) is 12.6 Å². The van der Waals surface area contributed by atoms with E-state index in [4.69, 9.17) is 0 Å². The van der Waals surface area contributed by atoms with Crippen molar-refractivity contribution in [2.75, 3.05) is 0 Å². The molecule has 0 aliphatic rings. The molecule has 0 fully saturated rings. The first-order valence-corrected chi connectivity index (χ1v) is 6.17. The van der Waals surface area contributed by atoms with Gasteiger partial charge in [-0.1, -0.05) is 38.1 Å². The maximum absolute atomic E-state index is 11.6. The first-order chi connectivity index (χ1) is 9.02. The van der Waals surface area contributed by atoms with Crippen molar-refractivity contribution in [2.24, 2.45) is 7.05 Å². The summed E-state index contributed by atoms with van der Waals surface area (Å²) in [5, 5.41) is 4.17. The molecule has 2 rings (SSSR count). The lowest BCUT2D eigenvalue weighted by Crippen LogP contribution is -2.23. The second-order valence-corrected chi connectivity index (χ2v) is 4.81. The fourth-order valence-corrected chi connectivity index (χ4v) is 1.90. The number of benzene rings is 1. The Morgan fingerprint density at radius 3 is 2.37 bits per heavy atom. The molecule has 0 atom stereocenters. The van der Waals surface area contributed by atoms with Gasteiger partial charge in [0.25, 0.3) is 5.56 Å². The van der Waals surface area contributed by atoms with Gasteiger partial charge in [0.2, 0.25) is 0 Å². The highest BCUT2D eigenvalue weighted by Gasteiger charge is 2.07. The van der Waals surface area contributed by atoms with E-state index in [1.165, 1.54) is 16.3 Å². The molecule has 0 radical (unpaired) electrons. The Bertz CT molecular complexity index is 655. The molecular weight excluding hydrogens is 240 g/mol. The monoisotopic (exact) mass is 256 g/mol. The van der Waals surface area contributed by atoms with E-state index in [0.717, 1.165) is 5.56 Å². The lowest BCUT2D eigenvalue weighted by Gasteiger charge is -2.08. The Morgan fingerprint density at radius 1 is 1.21 bits per heavy atom. The van der Waals surface area contributed by atoms with Crippen LogP contribution in [-0.2, 0) is 7.05 Å². The number of aryl methyl sites for hydroxylation is 1. The predicted octanol–water partition coefficient (Wildman–Crippen LogP) is 2.38. The molecule has 1 aromatic carbocycles. The summed E-state index contributed by atoms with van der Waals surface area (Å²) in [6, 6.07) is 9.51. The molecule has 4 heteroatoms. The second-order valence-electron chi connectivity index (χ2n) is 4.81. The number of aromatic nitrogens is 2. The van der Waals surface area contributed by atoms with E-state index in [-0.39, 0.29) is 11.1 Å². The van der Waals surface area contributed by atoms with Crippen LogP contribution in [0.4, 0.5) is 0 Å². The van der Waals surface area contributed by atoms with Gasteiger partial charge in [-0.05, 0) is 17.5 Å². The molecular formula is C15H16N2O2. The second kappa shape index (κ2) is 5.18. The Balaban J connectivity index is 2.50. The summed E-state index contributed by atoms with van der Waals surface area (Å²) in [6.07, 6.45) is 0.565. The predicted molar refractivity (Wildman–Crippen MR) is 74.4 cm³/mol. The summed E-state index contributed by atoms with van der Waals surface area (Å²) < 4.78 is 1.19. The molecule has 0 aliphatic heterocycles. The minimum absolute atomic E-state index is 0.125. The van der Waals surface area contributed by atoms with E-state index in [1.54, 1.807) is 7.05 Å². The standard InChI is InChI=1S/C15H16N2O2/c1-10(2)11-4-6-12(7-5-11)14-8-13(9-18)15(19)17(3)16-14/h4-10H,1-3H3. The molecule has 98 valence electrons. The molecule has 2 aromatic rings. The van der Waals surface area contributed by atoms with E-state index >= 15 is 0 Å². The number of carbonyl (C=O) groups is 1. The molecule has 0 unspecified atom stereocenters.